The van der Waals surface area contributed by atoms with Gasteiger partial charge in [0.15, 0.2) is 5.13 Å². The lowest BCUT2D eigenvalue weighted by Gasteiger charge is -2.22. The summed E-state index contributed by atoms with van der Waals surface area (Å²) in [5.74, 6) is 0.680. The van der Waals surface area contributed by atoms with Crippen LogP contribution in [0.25, 0.3) is 10.2 Å². The maximum atomic E-state index is 13.1. The number of benzene rings is 2. The number of hydrogen-bond acceptors (Lipinski definition) is 5. The zero-order valence-electron chi connectivity index (χ0n) is 14.6. The average molecular weight is 355 g/mol. The van der Waals surface area contributed by atoms with Crippen molar-refractivity contribution in [1.29, 1.82) is 0 Å². The van der Waals surface area contributed by atoms with Crippen LogP contribution in [0.2, 0.25) is 0 Å². The molecule has 1 amide bonds. The number of amides is 1. The fourth-order valence-electron chi connectivity index (χ4n) is 2.45. The van der Waals surface area contributed by atoms with Gasteiger partial charge in [-0.15, -0.1) is 0 Å². The molecule has 25 heavy (non-hydrogen) atoms. The van der Waals surface area contributed by atoms with E-state index in [9.17, 15) is 4.79 Å². The van der Waals surface area contributed by atoms with E-state index in [1.807, 2.05) is 38.4 Å². The highest BCUT2D eigenvalue weighted by Crippen LogP contribution is 2.29. The van der Waals surface area contributed by atoms with E-state index in [-0.39, 0.29) is 5.91 Å². The molecule has 0 atom stereocenters. The minimum absolute atomic E-state index is 0.0523. The number of fused-ring (bicyclic) bond motifs is 1. The molecule has 0 bridgehead atoms. The molecule has 0 aliphatic heterocycles. The van der Waals surface area contributed by atoms with Crippen molar-refractivity contribution in [2.75, 3.05) is 39.2 Å². The summed E-state index contributed by atoms with van der Waals surface area (Å²) >= 11 is 1.54. The Morgan fingerprint density at radius 1 is 1.08 bits per heavy atom. The number of carbonyl (C=O) groups is 1. The number of para-hydroxylation sites is 1. The van der Waals surface area contributed by atoms with Crippen molar-refractivity contribution in [1.82, 2.24) is 9.88 Å². The minimum atomic E-state index is -0.0523. The molecule has 0 saturated heterocycles. The van der Waals surface area contributed by atoms with Crippen LogP contribution in [-0.4, -0.2) is 50.1 Å². The molecule has 0 saturated carbocycles. The minimum Gasteiger partial charge on any atom is -0.497 e. The van der Waals surface area contributed by atoms with Gasteiger partial charge in [-0.1, -0.05) is 23.5 Å². The van der Waals surface area contributed by atoms with E-state index in [4.69, 9.17) is 4.74 Å². The Morgan fingerprint density at radius 3 is 2.44 bits per heavy atom. The van der Waals surface area contributed by atoms with Crippen LogP contribution in [0.4, 0.5) is 5.13 Å². The first-order chi connectivity index (χ1) is 12.1. The highest BCUT2D eigenvalue weighted by atomic mass is 32.1. The van der Waals surface area contributed by atoms with Crippen molar-refractivity contribution < 1.29 is 9.53 Å². The number of likely N-dealkylation sites (N-methyl/N-ethyl adjacent to an activating group) is 1. The van der Waals surface area contributed by atoms with Gasteiger partial charge in [0.2, 0.25) is 0 Å². The summed E-state index contributed by atoms with van der Waals surface area (Å²) in [6, 6.07) is 15.1. The van der Waals surface area contributed by atoms with Crippen LogP contribution in [-0.2, 0) is 0 Å². The summed E-state index contributed by atoms with van der Waals surface area (Å²) in [6.45, 7) is 1.34. The van der Waals surface area contributed by atoms with Gasteiger partial charge in [0, 0.05) is 18.7 Å². The zero-order chi connectivity index (χ0) is 17.8. The lowest BCUT2D eigenvalue weighted by molar-refractivity contribution is 0.0985. The molecule has 0 fully saturated rings. The maximum Gasteiger partial charge on any atom is 0.260 e. The number of ether oxygens (including phenoxy) is 1. The van der Waals surface area contributed by atoms with E-state index in [0.29, 0.717) is 12.1 Å². The quantitative estimate of drug-likeness (QED) is 0.679. The topological polar surface area (TPSA) is 45.7 Å². The fraction of sp³-hybridized carbons (Fsp3) is 0.263. The molecule has 6 heteroatoms. The Bertz CT molecular complexity index is 825. The van der Waals surface area contributed by atoms with Crippen molar-refractivity contribution in [3.05, 3.63) is 54.1 Å². The Balaban J connectivity index is 1.93. The monoisotopic (exact) mass is 355 g/mol. The molecule has 3 aromatic rings. The number of nitrogens with zero attached hydrogens (tertiary/aromatic N) is 3. The molecule has 1 heterocycles. The second-order valence-electron chi connectivity index (χ2n) is 5.95. The Kier molecular flexibility index (Phi) is 5.31. The normalized spacial score (nSPS) is 11.0. The third-order valence-electron chi connectivity index (χ3n) is 3.87. The first-order valence-electron chi connectivity index (χ1n) is 8.04. The van der Waals surface area contributed by atoms with Crippen LogP contribution in [0, 0.1) is 0 Å². The summed E-state index contributed by atoms with van der Waals surface area (Å²) in [6.07, 6.45) is 0. The van der Waals surface area contributed by atoms with Gasteiger partial charge in [-0.05, 0) is 50.5 Å². The summed E-state index contributed by atoms with van der Waals surface area (Å²) in [4.78, 5) is 21.5. The molecule has 130 valence electrons. The van der Waals surface area contributed by atoms with E-state index < -0.39 is 0 Å². The molecular weight excluding hydrogens is 334 g/mol. The number of rotatable bonds is 6. The van der Waals surface area contributed by atoms with Gasteiger partial charge in [-0.25, -0.2) is 4.98 Å². The lowest BCUT2D eigenvalue weighted by atomic mass is 10.2. The second kappa shape index (κ2) is 7.63. The summed E-state index contributed by atoms with van der Waals surface area (Å²) in [7, 11) is 5.60. The summed E-state index contributed by atoms with van der Waals surface area (Å²) < 4.78 is 6.25. The van der Waals surface area contributed by atoms with Gasteiger partial charge < -0.3 is 9.64 Å². The standard InChI is InChI=1S/C19H21N3O2S/c1-21(2)12-13-22(18(23)14-8-10-15(24-3)11-9-14)19-20-16-6-4-5-7-17(16)25-19/h4-11H,12-13H2,1-3H3. The van der Waals surface area contributed by atoms with Crippen molar-refractivity contribution >= 4 is 32.6 Å². The molecule has 0 spiro atoms. The highest BCUT2D eigenvalue weighted by molar-refractivity contribution is 7.22. The number of methoxy groups -OCH3 is 1. The van der Waals surface area contributed by atoms with Crippen molar-refractivity contribution in [2.24, 2.45) is 0 Å². The van der Waals surface area contributed by atoms with E-state index in [0.717, 1.165) is 27.6 Å². The predicted molar refractivity (Wildman–Crippen MR) is 103 cm³/mol. The molecule has 0 unspecified atom stereocenters. The molecule has 2 aromatic carbocycles. The zero-order valence-corrected chi connectivity index (χ0v) is 15.4. The third kappa shape index (κ3) is 3.97. The van der Waals surface area contributed by atoms with Crippen LogP contribution in [0.5, 0.6) is 5.75 Å². The molecule has 5 nitrogen and oxygen atoms in total. The van der Waals surface area contributed by atoms with Gasteiger partial charge in [-0.3, -0.25) is 9.69 Å². The SMILES string of the molecule is COc1ccc(C(=O)N(CCN(C)C)c2nc3ccccc3s2)cc1. The number of aromatic nitrogens is 1. The molecule has 0 aliphatic rings. The molecular formula is C19H21N3O2S. The predicted octanol–water partition coefficient (Wildman–Crippen LogP) is 3.51. The smallest absolute Gasteiger partial charge is 0.260 e. The second-order valence-corrected chi connectivity index (χ2v) is 6.96. The molecule has 0 radical (unpaired) electrons. The summed E-state index contributed by atoms with van der Waals surface area (Å²) in [5.41, 5.74) is 1.54. The summed E-state index contributed by atoms with van der Waals surface area (Å²) in [5, 5.41) is 0.726. The molecule has 1 aromatic heterocycles. The Morgan fingerprint density at radius 2 is 1.80 bits per heavy atom. The first kappa shape index (κ1) is 17.4. The van der Waals surface area contributed by atoms with E-state index in [2.05, 4.69) is 9.88 Å². The van der Waals surface area contributed by atoms with Gasteiger partial charge in [-0.2, -0.15) is 0 Å². The van der Waals surface area contributed by atoms with E-state index >= 15 is 0 Å². The number of thiazole rings is 1. The molecule has 0 N–H and O–H groups in total. The van der Waals surface area contributed by atoms with Crippen LogP contribution >= 0.6 is 11.3 Å². The number of carbonyl (C=O) groups excluding carboxylic acids is 1. The van der Waals surface area contributed by atoms with Crippen LogP contribution < -0.4 is 9.64 Å². The fourth-order valence-corrected chi connectivity index (χ4v) is 3.44. The van der Waals surface area contributed by atoms with E-state index in [1.54, 1.807) is 36.3 Å². The van der Waals surface area contributed by atoms with Crippen molar-refractivity contribution in [3.63, 3.8) is 0 Å². The highest BCUT2D eigenvalue weighted by Gasteiger charge is 2.21. The van der Waals surface area contributed by atoms with Gasteiger partial charge in [0.25, 0.3) is 5.91 Å². The lowest BCUT2D eigenvalue weighted by Crippen LogP contribution is -2.36. The van der Waals surface area contributed by atoms with Crippen molar-refractivity contribution in [2.45, 2.75) is 0 Å². The van der Waals surface area contributed by atoms with E-state index in [1.165, 1.54) is 11.3 Å². The Labute approximate surface area is 151 Å². The number of hydrogen-bond donors (Lipinski definition) is 0. The Hall–Kier alpha value is -2.44. The van der Waals surface area contributed by atoms with Crippen LogP contribution in [0.1, 0.15) is 10.4 Å². The van der Waals surface area contributed by atoms with Gasteiger partial charge in [0.05, 0.1) is 17.3 Å². The van der Waals surface area contributed by atoms with Gasteiger partial charge in [0.1, 0.15) is 5.75 Å². The maximum absolute atomic E-state index is 13.1. The van der Waals surface area contributed by atoms with Crippen molar-refractivity contribution in [3.8, 4) is 5.75 Å². The van der Waals surface area contributed by atoms with Gasteiger partial charge >= 0.3 is 0 Å². The van der Waals surface area contributed by atoms with Crippen LogP contribution in [0.3, 0.4) is 0 Å². The first-order valence-corrected chi connectivity index (χ1v) is 8.86. The largest absolute Gasteiger partial charge is 0.497 e. The molecule has 0 aliphatic carbocycles. The molecule has 3 rings (SSSR count). The third-order valence-corrected chi connectivity index (χ3v) is 4.93. The average Bonchev–Trinajstić information content (AvgIpc) is 3.05. The van der Waals surface area contributed by atoms with Crippen LogP contribution in [0.15, 0.2) is 48.5 Å². The number of anilines is 1.